The van der Waals surface area contributed by atoms with Gasteiger partial charge in [-0.2, -0.15) is 4.31 Å². The summed E-state index contributed by atoms with van der Waals surface area (Å²) in [6.07, 6.45) is 0.210. The molecule has 0 saturated carbocycles. The molecule has 0 amide bonds. The maximum Gasteiger partial charge on any atom is 0.243 e. The van der Waals surface area contributed by atoms with Gasteiger partial charge in [-0.15, -0.1) is 0 Å². The van der Waals surface area contributed by atoms with Gasteiger partial charge in [0.1, 0.15) is 5.82 Å². The highest BCUT2D eigenvalue weighted by Gasteiger charge is 2.26. The topological polar surface area (TPSA) is 71.5 Å². The smallest absolute Gasteiger partial charge is 0.219 e. The molecule has 0 aromatic heterocycles. The highest BCUT2D eigenvalue weighted by molar-refractivity contribution is 7.91. The average molecular weight is 448 g/mol. The summed E-state index contributed by atoms with van der Waals surface area (Å²) >= 11 is 0. The molecule has 5 nitrogen and oxygen atoms in total. The zero-order chi connectivity index (χ0) is 21.8. The monoisotopic (exact) mass is 447 g/mol. The van der Waals surface area contributed by atoms with E-state index in [1.165, 1.54) is 46.8 Å². The Balaban J connectivity index is 1.90. The van der Waals surface area contributed by atoms with Gasteiger partial charge in [-0.05, 0) is 48.4 Å². The molecule has 0 aliphatic carbocycles. The Morgan fingerprint density at radius 3 is 2.03 bits per heavy atom. The molecule has 3 aromatic carbocycles. The van der Waals surface area contributed by atoms with Gasteiger partial charge in [0.2, 0.25) is 19.9 Å². The standard InChI is InChI=1S/C22H22FNO4S2/c1-2-24(16-15-18-9-6-7-14-22(18)23)30(27,28)21-13-8-12-20(17-21)29(25,26)19-10-4-3-5-11-19/h3-14,17H,2,15-16H2,1H3. The van der Waals surface area contributed by atoms with Crippen LogP contribution in [-0.4, -0.2) is 34.2 Å². The van der Waals surface area contributed by atoms with Gasteiger partial charge in [-0.25, -0.2) is 21.2 Å². The SMILES string of the molecule is CCN(CCc1ccccc1F)S(=O)(=O)c1cccc(S(=O)(=O)c2ccccc2)c1. The Labute approximate surface area is 176 Å². The van der Waals surface area contributed by atoms with Crippen LogP contribution >= 0.6 is 0 Å². The molecular weight excluding hydrogens is 425 g/mol. The van der Waals surface area contributed by atoms with Crippen molar-refractivity contribution in [2.24, 2.45) is 0 Å². The molecule has 158 valence electrons. The van der Waals surface area contributed by atoms with E-state index in [1.807, 2.05) is 0 Å². The van der Waals surface area contributed by atoms with Gasteiger partial charge in [-0.1, -0.05) is 49.4 Å². The number of rotatable bonds is 8. The van der Waals surface area contributed by atoms with E-state index < -0.39 is 19.9 Å². The molecule has 3 aromatic rings. The lowest BCUT2D eigenvalue weighted by atomic mass is 10.1. The van der Waals surface area contributed by atoms with Crippen LogP contribution < -0.4 is 0 Å². The third kappa shape index (κ3) is 4.61. The summed E-state index contributed by atoms with van der Waals surface area (Å²) in [4.78, 5) is -0.124. The van der Waals surface area contributed by atoms with Crippen LogP contribution in [0, 0.1) is 5.82 Å². The van der Waals surface area contributed by atoms with Crippen LogP contribution in [-0.2, 0) is 26.3 Å². The minimum Gasteiger partial charge on any atom is -0.219 e. The number of sulfone groups is 1. The summed E-state index contributed by atoms with van der Waals surface area (Å²) in [5, 5.41) is 0. The second-order valence-corrected chi connectivity index (χ2v) is 10.5. The van der Waals surface area contributed by atoms with Crippen molar-refractivity contribution in [1.29, 1.82) is 0 Å². The van der Waals surface area contributed by atoms with Crippen molar-refractivity contribution in [1.82, 2.24) is 4.31 Å². The first-order valence-corrected chi connectivity index (χ1v) is 12.3. The third-order valence-corrected chi connectivity index (χ3v) is 8.49. The fourth-order valence-corrected chi connectivity index (χ4v) is 5.98. The largest absolute Gasteiger partial charge is 0.243 e. The number of hydrogen-bond donors (Lipinski definition) is 0. The van der Waals surface area contributed by atoms with Gasteiger partial charge >= 0.3 is 0 Å². The molecule has 0 unspecified atom stereocenters. The van der Waals surface area contributed by atoms with E-state index in [0.717, 1.165) is 0 Å². The molecule has 0 atom stereocenters. The Hall–Kier alpha value is -2.55. The van der Waals surface area contributed by atoms with Crippen LogP contribution in [0.4, 0.5) is 4.39 Å². The molecular formula is C22H22FNO4S2. The lowest BCUT2D eigenvalue weighted by Crippen LogP contribution is -2.33. The second-order valence-electron chi connectivity index (χ2n) is 6.63. The van der Waals surface area contributed by atoms with E-state index in [4.69, 9.17) is 0 Å². The molecule has 0 aliphatic heterocycles. The first-order chi connectivity index (χ1) is 14.3. The molecule has 0 saturated heterocycles. The highest BCUT2D eigenvalue weighted by atomic mass is 32.2. The van der Waals surface area contributed by atoms with Gasteiger partial charge in [0.25, 0.3) is 0 Å². The first-order valence-electron chi connectivity index (χ1n) is 9.40. The second kappa shape index (κ2) is 9.07. The number of halogens is 1. The maximum atomic E-state index is 13.9. The molecule has 8 heteroatoms. The minimum absolute atomic E-state index is 0.0788. The quantitative estimate of drug-likeness (QED) is 0.525. The van der Waals surface area contributed by atoms with E-state index in [1.54, 1.807) is 43.3 Å². The summed E-state index contributed by atoms with van der Waals surface area (Å²) in [6, 6.07) is 19.4. The van der Waals surface area contributed by atoms with Crippen LogP contribution in [0.15, 0.2) is 93.5 Å². The number of benzene rings is 3. The molecule has 0 radical (unpaired) electrons. The van der Waals surface area contributed by atoms with Crippen molar-refractivity contribution < 1.29 is 21.2 Å². The lowest BCUT2D eigenvalue weighted by molar-refractivity contribution is 0.428. The predicted molar refractivity (Wildman–Crippen MR) is 113 cm³/mol. The van der Waals surface area contributed by atoms with E-state index in [-0.39, 0.29) is 40.0 Å². The molecule has 0 aliphatic rings. The maximum absolute atomic E-state index is 13.9. The van der Waals surface area contributed by atoms with E-state index in [0.29, 0.717) is 5.56 Å². The number of sulfonamides is 1. The van der Waals surface area contributed by atoms with E-state index in [2.05, 4.69) is 0 Å². The van der Waals surface area contributed by atoms with Gasteiger partial charge < -0.3 is 0 Å². The Morgan fingerprint density at radius 1 is 0.767 bits per heavy atom. The molecule has 0 fully saturated rings. The molecule has 3 rings (SSSR count). The Morgan fingerprint density at radius 2 is 1.37 bits per heavy atom. The molecule has 0 N–H and O–H groups in total. The van der Waals surface area contributed by atoms with Gasteiger partial charge in [-0.3, -0.25) is 0 Å². The molecule has 0 heterocycles. The number of hydrogen-bond acceptors (Lipinski definition) is 4. The Bertz CT molecular complexity index is 1230. The zero-order valence-electron chi connectivity index (χ0n) is 16.4. The predicted octanol–water partition coefficient (Wildman–Crippen LogP) is 3.91. The third-order valence-electron chi connectivity index (χ3n) is 4.75. The summed E-state index contributed by atoms with van der Waals surface area (Å²) < 4.78 is 67.0. The summed E-state index contributed by atoms with van der Waals surface area (Å²) in [5.41, 5.74) is 0.423. The van der Waals surface area contributed by atoms with Gasteiger partial charge in [0.15, 0.2) is 0 Å². The normalized spacial score (nSPS) is 12.2. The lowest BCUT2D eigenvalue weighted by Gasteiger charge is -2.21. The van der Waals surface area contributed by atoms with Crippen LogP contribution in [0.2, 0.25) is 0 Å². The Kier molecular flexibility index (Phi) is 6.70. The highest BCUT2D eigenvalue weighted by Crippen LogP contribution is 2.25. The van der Waals surface area contributed by atoms with Gasteiger partial charge in [0.05, 0.1) is 14.7 Å². The first kappa shape index (κ1) is 22.1. The number of nitrogens with zero attached hydrogens (tertiary/aromatic N) is 1. The van der Waals surface area contributed by atoms with Crippen molar-refractivity contribution in [3.05, 3.63) is 90.2 Å². The fourth-order valence-electron chi connectivity index (χ4n) is 3.08. The molecule has 0 bridgehead atoms. The van der Waals surface area contributed by atoms with Crippen molar-refractivity contribution >= 4 is 19.9 Å². The van der Waals surface area contributed by atoms with Crippen molar-refractivity contribution in [3.8, 4) is 0 Å². The fraction of sp³-hybridized carbons (Fsp3) is 0.182. The average Bonchev–Trinajstić information content (AvgIpc) is 2.76. The van der Waals surface area contributed by atoms with Crippen LogP contribution in [0.3, 0.4) is 0 Å². The van der Waals surface area contributed by atoms with Crippen molar-refractivity contribution in [2.45, 2.75) is 28.0 Å². The van der Waals surface area contributed by atoms with Crippen LogP contribution in [0.5, 0.6) is 0 Å². The summed E-state index contributed by atoms with van der Waals surface area (Å²) in [5.74, 6) is -0.387. The van der Waals surface area contributed by atoms with Crippen molar-refractivity contribution in [3.63, 3.8) is 0 Å². The molecule has 0 spiro atoms. The summed E-state index contributed by atoms with van der Waals surface area (Å²) in [6.45, 7) is 1.94. The van der Waals surface area contributed by atoms with E-state index >= 15 is 0 Å². The van der Waals surface area contributed by atoms with Crippen LogP contribution in [0.25, 0.3) is 0 Å². The molecule has 30 heavy (non-hydrogen) atoms. The number of likely N-dealkylation sites (N-methyl/N-ethyl adjacent to an activating group) is 1. The van der Waals surface area contributed by atoms with Crippen molar-refractivity contribution in [2.75, 3.05) is 13.1 Å². The zero-order valence-corrected chi connectivity index (χ0v) is 18.0. The van der Waals surface area contributed by atoms with Gasteiger partial charge in [0, 0.05) is 13.1 Å². The van der Waals surface area contributed by atoms with E-state index in [9.17, 15) is 21.2 Å². The summed E-state index contributed by atoms with van der Waals surface area (Å²) in [7, 11) is -7.80. The van der Waals surface area contributed by atoms with Crippen LogP contribution in [0.1, 0.15) is 12.5 Å². The minimum atomic E-state index is -3.95.